The van der Waals surface area contributed by atoms with Gasteiger partial charge in [-0.1, -0.05) is 6.08 Å². The number of esters is 1. The van der Waals surface area contributed by atoms with Crippen LogP contribution >= 0.6 is 0 Å². The van der Waals surface area contributed by atoms with Gasteiger partial charge in [0, 0.05) is 15.5 Å². The van der Waals surface area contributed by atoms with Crippen molar-refractivity contribution in [2.45, 2.75) is 45.3 Å². The first-order chi connectivity index (χ1) is 7.52. The van der Waals surface area contributed by atoms with Crippen molar-refractivity contribution < 1.29 is 19.1 Å². The zero-order chi connectivity index (χ0) is 12.6. The second-order valence-electron chi connectivity index (χ2n) is 3.63. The van der Waals surface area contributed by atoms with Crippen LogP contribution in [-0.4, -0.2) is 39.5 Å². The molecule has 95 valence electrons. The molecule has 0 aromatic heterocycles. The zero-order valence-corrected chi connectivity index (χ0v) is 10.8. The molecule has 0 aromatic rings. The molecule has 17 heavy (non-hydrogen) atoms. The fraction of sp³-hybridized carbons (Fsp3) is 0.667. The molecule has 0 rings (SSSR count). The number of ether oxygens (including phenoxy) is 2. The number of unbranched alkanes of at least 4 members (excludes halogenated alkanes) is 1. The summed E-state index contributed by atoms with van der Waals surface area (Å²) in [6, 6.07) is 0. The van der Waals surface area contributed by atoms with E-state index < -0.39 is 18.2 Å². The molecule has 0 saturated carbocycles. The highest BCUT2D eigenvalue weighted by atomic mass is 16.6. The normalized spacial score (nSPS) is 13.1. The topological polar surface area (TPSA) is 52.6 Å². The Morgan fingerprint density at radius 2 is 2.00 bits per heavy atom. The molecule has 0 heterocycles. The van der Waals surface area contributed by atoms with Crippen LogP contribution in [0.5, 0.6) is 0 Å². The van der Waals surface area contributed by atoms with E-state index >= 15 is 0 Å². The molecule has 4 nitrogen and oxygen atoms in total. The van der Waals surface area contributed by atoms with Crippen LogP contribution in [0, 0.1) is 0 Å². The lowest BCUT2D eigenvalue weighted by Gasteiger charge is -2.17. The van der Waals surface area contributed by atoms with E-state index in [0.717, 1.165) is 12.8 Å². The average Bonchev–Trinajstić information content (AvgIpc) is 2.26. The van der Waals surface area contributed by atoms with Crippen molar-refractivity contribution in [3.05, 3.63) is 12.7 Å². The highest BCUT2D eigenvalue weighted by Gasteiger charge is 2.22. The molecule has 0 aromatic carbocycles. The van der Waals surface area contributed by atoms with Gasteiger partial charge in [-0.15, -0.1) is 6.58 Å². The van der Waals surface area contributed by atoms with Gasteiger partial charge in [0.2, 0.25) is 0 Å². The van der Waals surface area contributed by atoms with E-state index in [2.05, 4.69) is 6.58 Å². The Hall–Kier alpha value is -1.10. The van der Waals surface area contributed by atoms with E-state index in [9.17, 15) is 9.59 Å². The number of Topliss-reactive ketones (excluding diaryl/α,β-unsaturated/α-hetero) is 1. The first-order valence-corrected chi connectivity index (χ1v) is 5.37. The largest absolute Gasteiger partial charge is 0.452 e. The van der Waals surface area contributed by atoms with Gasteiger partial charge >= 0.3 is 5.97 Å². The highest BCUT2D eigenvalue weighted by Crippen LogP contribution is 2.08. The van der Waals surface area contributed by atoms with Crippen molar-refractivity contribution in [3.63, 3.8) is 0 Å². The summed E-state index contributed by atoms with van der Waals surface area (Å²) in [5.74, 6) is -0.637. The van der Waals surface area contributed by atoms with Crippen LogP contribution in [0.15, 0.2) is 12.7 Å². The Bertz CT molecular complexity index is 253. The quantitative estimate of drug-likeness (QED) is 0.279. The zero-order valence-electron chi connectivity index (χ0n) is 10.8. The van der Waals surface area contributed by atoms with Crippen LogP contribution in [0.25, 0.3) is 0 Å². The molecule has 0 bridgehead atoms. The monoisotopic (exact) mass is 239 g/mol. The van der Waals surface area contributed by atoms with Gasteiger partial charge in [-0.2, -0.15) is 0 Å². The van der Waals surface area contributed by atoms with Gasteiger partial charge in [-0.05, 0) is 33.1 Å². The van der Waals surface area contributed by atoms with Crippen LogP contribution in [0.4, 0.5) is 0 Å². The molecule has 0 spiro atoms. The third kappa shape index (κ3) is 7.74. The maximum atomic E-state index is 11.4. The smallest absolute Gasteiger partial charge is 0.335 e. The standard InChI is InChI=1S/C12H20O4.B/c1-5-6-7-8-11(9(2)13)16-12(14)10(3)15-4;/h5,10-11H,1,6-8H2,2-4H3;. The summed E-state index contributed by atoms with van der Waals surface area (Å²) in [6.45, 7) is 6.60. The summed E-state index contributed by atoms with van der Waals surface area (Å²) >= 11 is 0. The van der Waals surface area contributed by atoms with Gasteiger partial charge in [0.1, 0.15) is 0 Å². The summed E-state index contributed by atoms with van der Waals surface area (Å²) in [4.78, 5) is 22.6. The number of carbonyl (C=O) groups is 2. The number of ketones is 1. The Kier molecular flexibility index (Phi) is 10.8. The van der Waals surface area contributed by atoms with Gasteiger partial charge in [0.15, 0.2) is 18.0 Å². The maximum Gasteiger partial charge on any atom is 0.335 e. The predicted molar refractivity (Wildman–Crippen MR) is 66.8 cm³/mol. The summed E-state index contributed by atoms with van der Waals surface area (Å²) in [7, 11) is 1.42. The van der Waals surface area contributed by atoms with E-state index in [1.165, 1.54) is 14.0 Å². The van der Waals surface area contributed by atoms with Crippen LogP contribution in [-0.2, 0) is 19.1 Å². The molecule has 2 atom stereocenters. The summed E-state index contributed by atoms with van der Waals surface area (Å²) in [5.41, 5.74) is 0. The van der Waals surface area contributed by atoms with Crippen LogP contribution in [0.3, 0.4) is 0 Å². The molecule has 3 radical (unpaired) electrons. The molecule has 0 saturated heterocycles. The molecule has 0 N–H and O–H groups in total. The molecular weight excluding hydrogens is 219 g/mol. The van der Waals surface area contributed by atoms with E-state index in [-0.39, 0.29) is 14.2 Å². The lowest BCUT2D eigenvalue weighted by atomic mass is 10.1. The molecule has 0 amide bonds. The summed E-state index contributed by atoms with van der Waals surface area (Å²) in [5, 5.41) is 0. The third-order valence-corrected chi connectivity index (χ3v) is 2.27. The SMILES string of the molecule is C=CCCCC(OC(=O)C(C)OC)C(C)=O.[B]. The van der Waals surface area contributed by atoms with Crippen LogP contribution in [0.1, 0.15) is 33.1 Å². The Labute approximate surface area is 105 Å². The van der Waals surface area contributed by atoms with E-state index in [1.807, 2.05) is 0 Å². The molecule has 5 heteroatoms. The minimum absolute atomic E-state index is 0. The number of carbonyl (C=O) groups excluding carboxylic acids is 2. The first kappa shape index (κ1) is 18.3. The van der Waals surface area contributed by atoms with Crippen LogP contribution in [0.2, 0.25) is 0 Å². The van der Waals surface area contributed by atoms with E-state index in [1.54, 1.807) is 13.0 Å². The Morgan fingerprint density at radius 1 is 1.41 bits per heavy atom. The van der Waals surface area contributed by atoms with Crippen molar-refractivity contribution in [2.75, 3.05) is 7.11 Å². The number of rotatable bonds is 8. The third-order valence-electron chi connectivity index (χ3n) is 2.27. The fourth-order valence-electron chi connectivity index (χ4n) is 1.13. The molecule has 0 aliphatic carbocycles. The maximum absolute atomic E-state index is 11.4. The lowest BCUT2D eigenvalue weighted by molar-refractivity contribution is -0.163. The number of hydrogen-bond acceptors (Lipinski definition) is 4. The highest BCUT2D eigenvalue weighted by molar-refractivity contribution is 5.84. The molecule has 0 fully saturated rings. The van der Waals surface area contributed by atoms with E-state index in [4.69, 9.17) is 9.47 Å². The Balaban J connectivity index is 0. The minimum Gasteiger partial charge on any atom is -0.452 e. The Morgan fingerprint density at radius 3 is 2.41 bits per heavy atom. The number of methoxy groups -OCH3 is 1. The lowest BCUT2D eigenvalue weighted by Crippen LogP contribution is -2.31. The number of allylic oxidation sites excluding steroid dienone is 1. The second kappa shape index (κ2) is 10.1. The van der Waals surface area contributed by atoms with Gasteiger partial charge in [-0.3, -0.25) is 4.79 Å². The van der Waals surface area contributed by atoms with E-state index in [0.29, 0.717) is 6.42 Å². The predicted octanol–water partition coefficient (Wildman–Crippen LogP) is 1.50. The van der Waals surface area contributed by atoms with Crippen LogP contribution < -0.4 is 0 Å². The van der Waals surface area contributed by atoms with Gasteiger partial charge in [-0.25, -0.2) is 4.79 Å². The van der Waals surface area contributed by atoms with Crippen molar-refractivity contribution in [1.29, 1.82) is 0 Å². The van der Waals surface area contributed by atoms with Gasteiger partial charge < -0.3 is 9.47 Å². The molecular formula is C12H20BO4. The first-order valence-electron chi connectivity index (χ1n) is 5.37. The fourth-order valence-corrected chi connectivity index (χ4v) is 1.13. The average molecular weight is 239 g/mol. The van der Waals surface area contributed by atoms with Crippen molar-refractivity contribution >= 4 is 20.2 Å². The summed E-state index contributed by atoms with van der Waals surface area (Å²) in [6.07, 6.45) is 2.59. The molecule has 0 aliphatic heterocycles. The second-order valence-corrected chi connectivity index (χ2v) is 3.63. The minimum atomic E-state index is -0.662. The number of hydrogen-bond donors (Lipinski definition) is 0. The molecule has 0 aliphatic rings. The molecule has 2 unspecified atom stereocenters. The van der Waals surface area contributed by atoms with Gasteiger partial charge in [0.25, 0.3) is 0 Å². The van der Waals surface area contributed by atoms with Gasteiger partial charge in [0.05, 0.1) is 0 Å². The van der Waals surface area contributed by atoms with Crippen molar-refractivity contribution in [3.8, 4) is 0 Å². The van der Waals surface area contributed by atoms with Crippen molar-refractivity contribution in [2.24, 2.45) is 0 Å². The summed E-state index contributed by atoms with van der Waals surface area (Å²) < 4.78 is 9.88. The van der Waals surface area contributed by atoms with Crippen molar-refractivity contribution in [1.82, 2.24) is 0 Å².